The van der Waals surface area contributed by atoms with E-state index >= 15 is 0 Å². The number of nitrogens with zero attached hydrogens (tertiary/aromatic N) is 2. The molecule has 22 heavy (non-hydrogen) atoms. The molecular weight excluding hydrogens is 276 g/mol. The van der Waals surface area contributed by atoms with E-state index < -0.39 is 0 Å². The quantitative estimate of drug-likeness (QED) is 0.552. The van der Waals surface area contributed by atoms with Gasteiger partial charge in [-0.1, -0.05) is 36.4 Å². The second kappa shape index (κ2) is 4.96. The van der Waals surface area contributed by atoms with Crippen molar-refractivity contribution in [1.82, 2.24) is 4.98 Å². The summed E-state index contributed by atoms with van der Waals surface area (Å²) in [5.41, 5.74) is 3.87. The number of hydrogen-bond donors (Lipinski definition) is 2. The standard InChI is InChI=1S/C17H12N4O/c22-17-16(13-6-2-4-8-15(13)20-17)21-19-10-11-9-18-14-7-3-1-5-12(11)14/h1-10,18H,(H,20,21,22)/b19-10-. The molecule has 0 atom stereocenters. The molecule has 5 heteroatoms. The lowest BCUT2D eigenvalue weighted by molar-refractivity contribution is -0.110. The summed E-state index contributed by atoms with van der Waals surface area (Å²) in [7, 11) is 0. The summed E-state index contributed by atoms with van der Waals surface area (Å²) in [6.45, 7) is 0. The molecule has 4 rings (SSSR count). The van der Waals surface area contributed by atoms with E-state index in [0.717, 1.165) is 27.7 Å². The Morgan fingerprint density at radius 1 is 1.00 bits per heavy atom. The maximum atomic E-state index is 11.9. The van der Waals surface area contributed by atoms with Crippen molar-refractivity contribution < 1.29 is 4.79 Å². The van der Waals surface area contributed by atoms with E-state index in [-0.39, 0.29) is 5.91 Å². The summed E-state index contributed by atoms with van der Waals surface area (Å²) < 4.78 is 0. The van der Waals surface area contributed by atoms with Gasteiger partial charge in [0, 0.05) is 28.2 Å². The Morgan fingerprint density at radius 3 is 2.77 bits per heavy atom. The maximum Gasteiger partial charge on any atom is 0.276 e. The molecule has 0 bridgehead atoms. The van der Waals surface area contributed by atoms with E-state index in [4.69, 9.17) is 0 Å². The summed E-state index contributed by atoms with van der Waals surface area (Å²) in [4.78, 5) is 15.1. The van der Waals surface area contributed by atoms with Crippen LogP contribution in [0.25, 0.3) is 10.9 Å². The zero-order valence-corrected chi connectivity index (χ0v) is 11.6. The van der Waals surface area contributed by atoms with Gasteiger partial charge in [0.15, 0.2) is 5.71 Å². The highest BCUT2D eigenvalue weighted by atomic mass is 16.2. The number of carbonyl (C=O) groups excluding carboxylic acids is 1. The van der Waals surface area contributed by atoms with Crippen molar-refractivity contribution in [2.75, 3.05) is 5.32 Å². The van der Waals surface area contributed by atoms with Crippen LogP contribution in [0.4, 0.5) is 5.69 Å². The minimum Gasteiger partial charge on any atom is -0.361 e. The van der Waals surface area contributed by atoms with Gasteiger partial charge in [0.1, 0.15) is 0 Å². The number of aromatic nitrogens is 1. The van der Waals surface area contributed by atoms with Crippen LogP contribution in [0.1, 0.15) is 11.1 Å². The zero-order chi connectivity index (χ0) is 14.9. The van der Waals surface area contributed by atoms with Gasteiger partial charge in [-0.25, -0.2) is 0 Å². The second-order valence-electron chi connectivity index (χ2n) is 4.98. The number of aromatic amines is 1. The van der Waals surface area contributed by atoms with E-state index in [9.17, 15) is 4.79 Å². The molecule has 1 aliphatic rings. The minimum atomic E-state index is -0.225. The monoisotopic (exact) mass is 288 g/mol. The number of para-hydroxylation sites is 2. The third kappa shape index (κ3) is 2.00. The van der Waals surface area contributed by atoms with Crippen molar-refractivity contribution in [2.45, 2.75) is 0 Å². The first-order valence-corrected chi connectivity index (χ1v) is 6.91. The fraction of sp³-hybridized carbons (Fsp3) is 0. The first-order valence-electron chi connectivity index (χ1n) is 6.91. The highest BCUT2D eigenvalue weighted by Gasteiger charge is 2.25. The lowest BCUT2D eigenvalue weighted by Crippen LogP contribution is -2.13. The smallest absolute Gasteiger partial charge is 0.276 e. The van der Waals surface area contributed by atoms with E-state index in [2.05, 4.69) is 20.5 Å². The van der Waals surface area contributed by atoms with Crippen molar-refractivity contribution >= 4 is 34.4 Å². The van der Waals surface area contributed by atoms with Crippen molar-refractivity contribution in [2.24, 2.45) is 10.2 Å². The summed E-state index contributed by atoms with van der Waals surface area (Å²) in [5, 5.41) is 12.0. The van der Waals surface area contributed by atoms with E-state index in [1.165, 1.54) is 0 Å². The Hall–Kier alpha value is -3.21. The molecule has 0 spiro atoms. The molecule has 0 saturated heterocycles. The van der Waals surface area contributed by atoms with Gasteiger partial charge in [0.25, 0.3) is 5.91 Å². The Bertz CT molecular complexity index is 936. The number of rotatable bonds is 2. The fourth-order valence-corrected chi connectivity index (χ4v) is 2.55. The number of H-pyrrole nitrogens is 1. The number of carbonyl (C=O) groups is 1. The zero-order valence-electron chi connectivity index (χ0n) is 11.6. The van der Waals surface area contributed by atoms with Crippen LogP contribution in [0, 0.1) is 0 Å². The van der Waals surface area contributed by atoms with Gasteiger partial charge >= 0.3 is 0 Å². The van der Waals surface area contributed by atoms with Crippen LogP contribution >= 0.6 is 0 Å². The predicted octanol–water partition coefficient (Wildman–Crippen LogP) is 2.94. The number of benzene rings is 2. The molecule has 2 heterocycles. The van der Waals surface area contributed by atoms with Crippen LogP contribution in [-0.4, -0.2) is 22.8 Å². The van der Waals surface area contributed by atoms with Gasteiger partial charge in [-0.2, -0.15) is 5.10 Å². The summed E-state index contributed by atoms with van der Waals surface area (Å²) in [5.74, 6) is -0.225. The third-order valence-electron chi connectivity index (χ3n) is 3.62. The molecular formula is C17H12N4O. The number of fused-ring (bicyclic) bond motifs is 2. The highest BCUT2D eigenvalue weighted by Crippen LogP contribution is 2.22. The molecule has 0 unspecified atom stereocenters. The Labute approximate surface area is 126 Å². The van der Waals surface area contributed by atoms with Crippen LogP contribution < -0.4 is 5.32 Å². The van der Waals surface area contributed by atoms with Gasteiger partial charge in [-0.3, -0.25) is 4.79 Å². The molecule has 5 nitrogen and oxygen atoms in total. The van der Waals surface area contributed by atoms with Crippen LogP contribution in [0.3, 0.4) is 0 Å². The fourth-order valence-electron chi connectivity index (χ4n) is 2.55. The molecule has 0 radical (unpaired) electrons. The van der Waals surface area contributed by atoms with Crippen molar-refractivity contribution in [3.63, 3.8) is 0 Å². The van der Waals surface area contributed by atoms with Crippen LogP contribution in [0.5, 0.6) is 0 Å². The first kappa shape index (κ1) is 12.5. The summed E-state index contributed by atoms with van der Waals surface area (Å²) >= 11 is 0. The largest absolute Gasteiger partial charge is 0.361 e. The molecule has 0 fully saturated rings. The van der Waals surface area contributed by atoms with Crippen molar-refractivity contribution in [3.05, 3.63) is 65.9 Å². The average molecular weight is 288 g/mol. The normalized spacial score (nSPS) is 15.6. The van der Waals surface area contributed by atoms with Crippen LogP contribution in [0.2, 0.25) is 0 Å². The van der Waals surface area contributed by atoms with Gasteiger partial charge in [-0.15, -0.1) is 5.10 Å². The van der Waals surface area contributed by atoms with Crippen molar-refractivity contribution in [3.8, 4) is 0 Å². The highest BCUT2D eigenvalue weighted by molar-refractivity contribution is 6.53. The maximum absolute atomic E-state index is 11.9. The molecule has 0 saturated carbocycles. The molecule has 1 aliphatic heterocycles. The number of amides is 1. The van der Waals surface area contributed by atoms with E-state index in [0.29, 0.717) is 5.71 Å². The number of anilines is 1. The Balaban J connectivity index is 1.68. The van der Waals surface area contributed by atoms with Gasteiger partial charge < -0.3 is 10.3 Å². The number of hydrogen-bond acceptors (Lipinski definition) is 3. The summed E-state index contributed by atoms with van der Waals surface area (Å²) in [6.07, 6.45) is 3.52. The SMILES string of the molecule is O=C1Nc2ccccc2/C1=N\N=C/c1c[nH]c2ccccc12. The summed E-state index contributed by atoms with van der Waals surface area (Å²) in [6, 6.07) is 15.4. The molecule has 106 valence electrons. The van der Waals surface area contributed by atoms with Gasteiger partial charge in [0.05, 0.1) is 11.9 Å². The Morgan fingerprint density at radius 2 is 1.82 bits per heavy atom. The van der Waals surface area contributed by atoms with Gasteiger partial charge in [-0.05, 0) is 12.1 Å². The van der Waals surface area contributed by atoms with Crippen LogP contribution in [-0.2, 0) is 4.79 Å². The predicted molar refractivity (Wildman–Crippen MR) is 87.5 cm³/mol. The van der Waals surface area contributed by atoms with E-state index in [1.807, 2.05) is 54.7 Å². The molecule has 2 aromatic carbocycles. The van der Waals surface area contributed by atoms with Gasteiger partial charge in [0.2, 0.25) is 0 Å². The lowest BCUT2D eigenvalue weighted by Gasteiger charge is -1.93. The van der Waals surface area contributed by atoms with Crippen LogP contribution in [0.15, 0.2) is 64.9 Å². The Kier molecular flexibility index (Phi) is 2.83. The minimum absolute atomic E-state index is 0.225. The molecule has 3 aromatic rings. The molecule has 1 aromatic heterocycles. The average Bonchev–Trinajstić information content (AvgIpc) is 3.09. The first-order chi connectivity index (χ1) is 10.8. The molecule has 0 aliphatic carbocycles. The van der Waals surface area contributed by atoms with E-state index in [1.54, 1.807) is 6.21 Å². The molecule has 1 amide bonds. The molecule has 2 N–H and O–H groups in total. The lowest BCUT2D eigenvalue weighted by atomic mass is 10.1. The van der Waals surface area contributed by atoms with Crippen molar-refractivity contribution in [1.29, 1.82) is 0 Å². The number of nitrogens with one attached hydrogen (secondary N) is 2. The third-order valence-corrected chi connectivity index (χ3v) is 3.62. The topological polar surface area (TPSA) is 69.6 Å². The second-order valence-corrected chi connectivity index (χ2v) is 4.98.